The number of ether oxygens (including phenoxy) is 2. The number of benzene rings is 2. The quantitative estimate of drug-likeness (QED) is 0.164. The minimum atomic E-state index is -3.79. The highest BCUT2D eigenvalue weighted by Gasteiger charge is 2.39. The van der Waals surface area contributed by atoms with Crippen LogP contribution >= 0.6 is 0 Å². The van der Waals surface area contributed by atoms with Crippen molar-refractivity contribution in [2.75, 3.05) is 27.3 Å². The van der Waals surface area contributed by atoms with E-state index in [9.17, 15) is 19.2 Å². The van der Waals surface area contributed by atoms with Crippen LogP contribution in [0.5, 0.6) is 0 Å². The molecule has 2 fully saturated rings. The molecule has 4 amide bonds. The predicted molar refractivity (Wildman–Crippen MR) is 202 cm³/mol. The second-order valence-electron chi connectivity index (χ2n) is 13.4. The Bertz CT molecular complexity index is 2370. The van der Waals surface area contributed by atoms with Crippen molar-refractivity contribution in [1.82, 2.24) is 40.4 Å². The highest BCUT2D eigenvalue weighted by atomic mass is 16.5. The topological polar surface area (TPSA) is 175 Å². The number of imidazole rings is 2. The van der Waals surface area contributed by atoms with Crippen molar-refractivity contribution < 1.29 is 39.6 Å². The van der Waals surface area contributed by atoms with Gasteiger partial charge in [-0.25, -0.2) is 19.6 Å². The van der Waals surface area contributed by atoms with Crippen LogP contribution in [-0.4, -0.2) is 93.1 Å². The summed E-state index contributed by atoms with van der Waals surface area (Å²) < 4.78 is 74.4. The highest BCUT2D eigenvalue weighted by Crippen LogP contribution is 2.34. The molecule has 0 aliphatic carbocycles. The van der Waals surface area contributed by atoms with Crippen LogP contribution in [0.25, 0.3) is 22.3 Å². The van der Waals surface area contributed by atoms with Gasteiger partial charge in [-0.1, -0.05) is 51.5 Å². The van der Waals surface area contributed by atoms with E-state index in [-0.39, 0.29) is 30.2 Å². The Labute approximate surface area is 326 Å². The molecule has 284 valence electrons. The molecule has 2 aromatic heterocycles. The first-order valence-electron chi connectivity index (χ1n) is 21.6. The number of nitrogens with zero attached hydrogens (tertiary/aromatic N) is 4. The molecule has 54 heavy (non-hydrogen) atoms. The Kier molecular flexibility index (Phi) is 8.72. The summed E-state index contributed by atoms with van der Waals surface area (Å²) in [5.41, 5.74) is 4.19. The number of aromatic amines is 2. The molecule has 0 unspecified atom stereocenters. The summed E-state index contributed by atoms with van der Waals surface area (Å²) in [5, 5.41) is 4.43. The summed E-state index contributed by atoms with van der Waals surface area (Å²) >= 11 is 0. The van der Waals surface area contributed by atoms with Gasteiger partial charge in [-0.3, -0.25) is 9.59 Å². The largest absolute Gasteiger partial charge is 0.453 e. The number of methoxy groups -OCH3 is 2. The normalized spacial score (nSPS) is 21.4. The van der Waals surface area contributed by atoms with Gasteiger partial charge in [0.15, 0.2) is 0 Å². The van der Waals surface area contributed by atoms with E-state index in [0.29, 0.717) is 42.0 Å². The van der Waals surface area contributed by atoms with E-state index in [1.54, 1.807) is 10.2 Å². The monoisotopic (exact) mass is 744 g/mol. The van der Waals surface area contributed by atoms with Gasteiger partial charge < -0.3 is 39.9 Å². The van der Waals surface area contributed by atoms with Crippen LogP contribution in [0.1, 0.15) is 99.1 Å². The molecule has 2 aliphatic heterocycles. The molecule has 6 rings (SSSR count). The number of hydrogen-bond donors (Lipinski definition) is 4. The fourth-order valence-electron chi connectivity index (χ4n) is 6.80. The maximum absolute atomic E-state index is 14.1. The average Bonchev–Trinajstić information content (AvgIpc) is 4.06. The number of fused-ring (bicyclic) bond motifs is 1. The van der Waals surface area contributed by atoms with Crippen molar-refractivity contribution in [2.24, 2.45) is 11.8 Å². The minimum absolute atomic E-state index is 0.0282. The highest BCUT2D eigenvalue weighted by molar-refractivity contribution is 5.87. The van der Waals surface area contributed by atoms with Gasteiger partial charge in [0.1, 0.15) is 23.7 Å². The van der Waals surface area contributed by atoms with E-state index >= 15 is 0 Å². The van der Waals surface area contributed by atoms with Gasteiger partial charge in [-0.05, 0) is 73.4 Å². The van der Waals surface area contributed by atoms with Crippen molar-refractivity contribution in [1.29, 1.82) is 0 Å². The Morgan fingerprint density at radius 3 is 2.17 bits per heavy atom. The number of alkyl carbamates (subject to hydrolysis) is 2. The van der Waals surface area contributed by atoms with Crippen molar-refractivity contribution in [2.45, 2.75) is 77.4 Å². The number of aromatic nitrogens is 4. The van der Waals surface area contributed by atoms with Gasteiger partial charge in [0.2, 0.25) is 11.8 Å². The first-order chi connectivity index (χ1) is 29.1. The van der Waals surface area contributed by atoms with E-state index in [4.69, 9.17) is 20.7 Å². The molecule has 0 radical (unpaired) electrons. The van der Waals surface area contributed by atoms with Gasteiger partial charge in [-0.2, -0.15) is 0 Å². The average molecular weight is 745 g/mol. The molecule has 0 spiro atoms. The fourth-order valence-corrected chi connectivity index (χ4v) is 6.80. The summed E-state index contributed by atoms with van der Waals surface area (Å²) in [5.74, 6) is 1.72. The fraction of sp³-hybridized carbons (Fsp3) is 0.450. The maximum atomic E-state index is 14.1. The van der Waals surface area contributed by atoms with E-state index in [1.165, 1.54) is 13.3 Å². The zero-order valence-electron chi connectivity index (χ0n) is 38.4. The smallest absolute Gasteiger partial charge is 0.407 e. The zero-order chi connectivity index (χ0) is 45.4. The number of amides is 4. The third-order valence-corrected chi connectivity index (χ3v) is 9.59. The number of H-pyrrole nitrogens is 2. The third-order valence-electron chi connectivity index (χ3n) is 9.59. The number of carbonyl (C=O) groups is 4. The number of rotatable bonds is 9. The van der Waals surface area contributed by atoms with Crippen LogP contribution < -0.4 is 10.6 Å². The molecule has 2 aromatic carbocycles. The number of carbonyl (C=O) groups excluding carboxylic acids is 4. The second-order valence-corrected chi connectivity index (χ2v) is 13.4. The second kappa shape index (κ2) is 16.4. The minimum Gasteiger partial charge on any atom is -0.453 e. The van der Waals surface area contributed by atoms with Crippen LogP contribution in [0.3, 0.4) is 0 Å². The third kappa shape index (κ3) is 8.20. The zero-order valence-corrected chi connectivity index (χ0v) is 30.4. The molecule has 14 nitrogen and oxygen atoms in total. The first-order valence-corrected chi connectivity index (χ1v) is 17.6. The van der Waals surface area contributed by atoms with E-state index < -0.39 is 55.8 Å². The molecule has 2 saturated heterocycles. The van der Waals surface area contributed by atoms with Crippen molar-refractivity contribution in [3.05, 3.63) is 71.4 Å². The van der Waals surface area contributed by atoms with Crippen molar-refractivity contribution >= 4 is 35.0 Å². The Hall–Kier alpha value is -5.84. The molecule has 2 aliphatic rings. The van der Waals surface area contributed by atoms with Gasteiger partial charge in [-0.15, -0.1) is 0 Å². The summed E-state index contributed by atoms with van der Waals surface area (Å²) in [4.78, 5) is 70.6. The molecule has 4 heterocycles. The first kappa shape index (κ1) is 28.6. The number of hydrogen-bond acceptors (Lipinski definition) is 8. The standard InChI is InChI=1S/C40H48N8O6/c1-23(2)33(45-39(51)53-5)37(49)47-19-7-9-31(47)35-41-22-30(44-35)27-16-13-25(14-17-27)11-12-26-15-18-28-29(21-26)43-36(42-28)32-10-8-20-48(32)38(50)34(24(3)4)46-40(52)54-6/h13-18,21-24,31-34H,7-10,19-20H2,1-6H3,(H,41,44)(H,42,43)(H,45,51)(H,46,52)/t31-,32-,33+,34-/m0/s1/i1D3,2D3,23D,33D. The summed E-state index contributed by atoms with van der Waals surface area (Å²) in [6.07, 6.45) is 1.62. The lowest BCUT2D eigenvalue weighted by atomic mass is 10.0. The summed E-state index contributed by atoms with van der Waals surface area (Å²) in [6, 6.07) is 7.47. The molecule has 4 aromatic rings. The SMILES string of the molecule is [2H]C([2H])([2H])C([2H])(C([2H])([2H])[2H])[C@@]([2H])(NC(=O)OC)C(=O)N1CCC[C@H]1c1ncc(-c2ccc(C#Cc3ccc4nc([C@@H]5CCCN5C(=O)[C@@H](NC(=O)OC)C(C)C)[nH]c4c3)cc2)[nH]1. The lowest BCUT2D eigenvalue weighted by molar-refractivity contribution is -0.136. The molecule has 4 atom stereocenters. The lowest BCUT2D eigenvalue weighted by Crippen LogP contribution is -2.51. The van der Waals surface area contributed by atoms with Crippen LogP contribution in [0.4, 0.5) is 9.59 Å². The number of likely N-dealkylation sites (tertiary alicyclic amines) is 2. The van der Waals surface area contributed by atoms with Gasteiger partial charge in [0, 0.05) is 33.8 Å². The summed E-state index contributed by atoms with van der Waals surface area (Å²) in [7, 11) is 2.15. The van der Waals surface area contributed by atoms with Crippen LogP contribution in [0.15, 0.2) is 48.7 Å². The Balaban J connectivity index is 1.17. The predicted octanol–water partition coefficient (Wildman–Crippen LogP) is 5.44. The molecule has 0 bridgehead atoms. The van der Waals surface area contributed by atoms with Crippen molar-refractivity contribution in [3.63, 3.8) is 0 Å². The lowest BCUT2D eigenvalue weighted by Gasteiger charge is -2.30. The van der Waals surface area contributed by atoms with E-state index in [0.717, 1.165) is 41.4 Å². The Morgan fingerprint density at radius 2 is 1.50 bits per heavy atom. The molecule has 4 N–H and O–H groups in total. The van der Waals surface area contributed by atoms with E-state index in [1.807, 2.05) is 56.3 Å². The van der Waals surface area contributed by atoms with E-state index in [2.05, 4.69) is 36.8 Å². The number of nitrogens with one attached hydrogen (secondary N) is 4. The van der Waals surface area contributed by atoms with Crippen LogP contribution in [0.2, 0.25) is 0 Å². The van der Waals surface area contributed by atoms with Gasteiger partial charge in [0.25, 0.3) is 0 Å². The molecule has 0 saturated carbocycles. The van der Waals surface area contributed by atoms with Crippen LogP contribution in [0, 0.1) is 23.7 Å². The van der Waals surface area contributed by atoms with Crippen molar-refractivity contribution in [3.8, 4) is 23.1 Å². The molecular weight excluding hydrogens is 688 g/mol. The molecule has 14 heteroatoms. The van der Waals surface area contributed by atoms with Crippen LogP contribution in [-0.2, 0) is 19.1 Å². The van der Waals surface area contributed by atoms with Gasteiger partial charge in [0.05, 0.1) is 50.6 Å². The van der Waals surface area contributed by atoms with Gasteiger partial charge >= 0.3 is 12.2 Å². The Morgan fingerprint density at radius 1 is 0.870 bits per heavy atom. The maximum Gasteiger partial charge on any atom is 0.407 e. The molecular formula is C40H48N8O6. The summed E-state index contributed by atoms with van der Waals surface area (Å²) in [6.45, 7) is -3.20.